The lowest BCUT2D eigenvalue weighted by Crippen LogP contribution is -2.31. The zero-order valence-electron chi connectivity index (χ0n) is 12.7. The van der Waals surface area contributed by atoms with Crippen LogP contribution < -0.4 is 15.4 Å². The van der Waals surface area contributed by atoms with Crippen LogP contribution in [0.1, 0.15) is 19.3 Å². The molecule has 1 fully saturated rings. The fraction of sp³-hybridized carbons (Fsp3) is 0.562. The molecule has 0 unspecified atom stereocenters. The van der Waals surface area contributed by atoms with Crippen molar-refractivity contribution in [3.05, 3.63) is 24.3 Å². The first-order valence-electron chi connectivity index (χ1n) is 7.65. The zero-order valence-corrected chi connectivity index (χ0v) is 12.7. The van der Waals surface area contributed by atoms with Crippen molar-refractivity contribution in [1.82, 2.24) is 10.2 Å². The summed E-state index contributed by atoms with van der Waals surface area (Å²) in [6, 6.07) is 7.43. The van der Waals surface area contributed by atoms with Crippen LogP contribution >= 0.6 is 0 Å². The normalized spacial score (nSPS) is 15.1. The summed E-state index contributed by atoms with van der Waals surface area (Å²) < 4.78 is 5.21. The standard InChI is InChI=1S/C16H25N3O2/c1-21-15-8-3-2-7-14(15)18-16(20)13-17-9-6-12-19-10-4-5-11-19/h2-3,7-8,17H,4-6,9-13H2,1H3,(H,18,20). The number of carbonyl (C=O) groups is 1. The number of methoxy groups -OCH3 is 1. The molecule has 1 aliphatic rings. The molecule has 1 heterocycles. The van der Waals surface area contributed by atoms with Crippen molar-refractivity contribution >= 4 is 11.6 Å². The molecule has 5 nitrogen and oxygen atoms in total. The van der Waals surface area contributed by atoms with Crippen molar-refractivity contribution < 1.29 is 9.53 Å². The summed E-state index contributed by atoms with van der Waals surface area (Å²) in [5.74, 6) is 0.639. The number of hydrogen-bond donors (Lipinski definition) is 2. The lowest BCUT2D eigenvalue weighted by atomic mass is 10.3. The topological polar surface area (TPSA) is 53.6 Å². The Hall–Kier alpha value is -1.59. The van der Waals surface area contributed by atoms with Crippen LogP contribution in [0.2, 0.25) is 0 Å². The van der Waals surface area contributed by atoms with Crippen molar-refractivity contribution in [2.24, 2.45) is 0 Å². The number of hydrogen-bond acceptors (Lipinski definition) is 4. The van der Waals surface area contributed by atoms with Gasteiger partial charge in [0.1, 0.15) is 5.75 Å². The van der Waals surface area contributed by atoms with E-state index in [2.05, 4.69) is 15.5 Å². The van der Waals surface area contributed by atoms with Crippen molar-refractivity contribution in [2.45, 2.75) is 19.3 Å². The number of anilines is 1. The second-order valence-electron chi connectivity index (χ2n) is 5.33. The molecule has 0 bridgehead atoms. The fourth-order valence-electron chi connectivity index (χ4n) is 2.58. The van der Waals surface area contributed by atoms with Crippen LogP contribution in [0.25, 0.3) is 0 Å². The van der Waals surface area contributed by atoms with E-state index in [9.17, 15) is 4.79 Å². The van der Waals surface area contributed by atoms with Crippen molar-refractivity contribution in [1.29, 1.82) is 0 Å². The van der Waals surface area contributed by atoms with Gasteiger partial charge in [0.15, 0.2) is 0 Å². The van der Waals surface area contributed by atoms with Crippen LogP contribution in [0.5, 0.6) is 5.75 Å². The van der Waals surface area contributed by atoms with Gasteiger partial charge >= 0.3 is 0 Å². The van der Waals surface area contributed by atoms with Crippen molar-refractivity contribution in [3.63, 3.8) is 0 Å². The molecule has 1 aromatic carbocycles. The number of nitrogens with zero attached hydrogens (tertiary/aromatic N) is 1. The second-order valence-corrected chi connectivity index (χ2v) is 5.33. The highest BCUT2D eigenvalue weighted by atomic mass is 16.5. The molecule has 0 radical (unpaired) electrons. The van der Waals surface area contributed by atoms with Gasteiger partial charge in [0.2, 0.25) is 5.91 Å². The van der Waals surface area contributed by atoms with Gasteiger partial charge in [0.05, 0.1) is 19.3 Å². The lowest BCUT2D eigenvalue weighted by molar-refractivity contribution is -0.115. The van der Waals surface area contributed by atoms with Crippen molar-refractivity contribution in [2.75, 3.05) is 45.2 Å². The van der Waals surface area contributed by atoms with E-state index < -0.39 is 0 Å². The van der Waals surface area contributed by atoms with Crippen LogP contribution in [0.15, 0.2) is 24.3 Å². The molecule has 2 rings (SSSR count). The van der Waals surface area contributed by atoms with Crippen LogP contribution in [-0.4, -0.2) is 50.6 Å². The Balaban J connectivity index is 1.61. The van der Waals surface area contributed by atoms with Gasteiger partial charge in [-0.1, -0.05) is 12.1 Å². The lowest BCUT2D eigenvalue weighted by Gasteiger charge is -2.14. The van der Waals surface area contributed by atoms with Gasteiger partial charge < -0.3 is 20.3 Å². The van der Waals surface area contributed by atoms with Gasteiger partial charge in [-0.05, 0) is 57.6 Å². The molecular formula is C16H25N3O2. The summed E-state index contributed by atoms with van der Waals surface area (Å²) in [6.07, 6.45) is 3.74. The third-order valence-electron chi connectivity index (χ3n) is 3.69. The minimum absolute atomic E-state index is 0.0410. The number of amides is 1. The van der Waals surface area contributed by atoms with E-state index >= 15 is 0 Å². The van der Waals surface area contributed by atoms with E-state index in [1.807, 2.05) is 24.3 Å². The van der Waals surface area contributed by atoms with Crippen LogP contribution in [0.4, 0.5) is 5.69 Å². The number of nitrogens with one attached hydrogen (secondary N) is 2. The van der Waals surface area contributed by atoms with Gasteiger partial charge in [0.25, 0.3) is 0 Å². The van der Waals surface area contributed by atoms with Crippen LogP contribution in [0.3, 0.4) is 0 Å². The molecule has 0 spiro atoms. The first-order valence-corrected chi connectivity index (χ1v) is 7.65. The van der Waals surface area contributed by atoms with Gasteiger partial charge in [-0.3, -0.25) is 4.79 Å². The Morgan fingerprint density at radius 1 is 1.29 bits per heavy atom. The molecule has 0 aromatic heterocycles. The monoisotopic (exact) mass is 291 g/mol. The number of para-hydroxylation sites is 2. The molecule has 0 atom stereocenters. The minimum Gasteiger partial charge on any atom is -0.495 e. The summed E-state index contributed by atoms with van der Waals surface area (Å²) in [7, 11) is 1.60. The molecule has 0 aliphatic carbocycles. The second kappa shape index (κ2) is 8.64. The largest absolute Gasteiger partial charge is 0.495 e. The molecule has 2 N–H and O–H groups in total. The average molecular weight is 291 g/mol. The Kier molecular flexibility index (Phi) is 6.50. The average Bonchev–Trinajstić information content (AvgIpc) is 3.01. The third-order valence-corrected chi connectivity index (χ3v) is 3.69. The van der Waals surface area contributed by atoms with Gasteiger partial charge in [0, 0.05) is 0 Å². The Morgan fingerprint density at radius 3 is 2.81 bits per heavy atom. The fourth-order valence-corrected chi connectivity index (χ4v) is 2.58. The smallest absolute Gasteiger partial charge is 0.238 e. The van der Waals surface area contributed by atoms with Crippen molar-refractivity contribution in [3.8, 4) is 5.75 Å². The summed E-state index contributed by atoms with van der Waals surface area (Å²) >= 11 is 0. The summed E-state index contributed by atoms with van der Waals surface area (Å²) in [5, 5.41) is 6.04. The summed E-state index contributed by atoms with van der Waals surface area (Å²) in [5.41, 5.74) is 0.712. The molecular weight excluding hydrogens is 266 g/mol. The quantitative estimate of drug-likeness (QED) is 0.716. The molecule has 116 valence electrons. The summed E-state index contributed by atoms with van der Waals surface area (Å²) in [4.78, 5) is 14.3. The predicted octanol–water partition coefficient (Wildman–Crippen LogP) is 1.71. The van der Waals surface area contributed by atoms with E-state index in [0.29, 0.717) is 18.0 Å². The minimum atomic E-state index is -0.0410. The highest BCUT2D eigenvalue weighted by Gasteiger charge is 2.10. The van der Waals surface area contributed by atoms with Crippen LogP contribution in [-0.2, 0) is 4.79 Å². The Morgan fingerprint density at radius 2 is 2.05 bits per heavy atom. The Bertz CT molecular complexity index is 445. The van der Waals surface area contributed by atoms with E-state index in [1.165, 1.54) is 25.9 Å². The highest BCUT2D eigenvalue weighted by Crippen LogP contribution is 2.22. The molecule has 1 aliphatic heterocycles. The van der Waals surface area contributed by atoms with Gasteiger partial charge in [-0.25, -0.2) is 0 Å². The molecule has 1 saturated heterocycles. The SMILES string of the molecule is COc1ccccc1NC(=O)CNCCCN1CCCC1. The van der Waals surface area contributed by atoms with Gasteiger partial charge in [-0.2, -0.15) is 0 Å². The number of likely N-dealkylation sites (tertiary alicyclic amines) is 1. The molecule has 21 heavy (non-hydrogen) atoms. The predicted molar refractivity (Wildman–Crippen MR) is 84.8 cm³/mol. The molecule has 1 amide bonds. The van der Waals surface area contributed by atoms with Crippen LogP contribution in [0, 0.1) is 0 Å². The molecule has 5 heteroatoms. The number of rotatable bonds is 8. The Labute approximate surface area is 126 Å². The first-order chi connectivity index (χ1) is 10.3. The maximum absolute atomic E-state index is 11.9. The maximum atomic E-state index is 11.9. The third kappa shape index (κ3) is 5.36. The van der Waals surface area contributed by atoms with E-state index in [1.54, 1.807) is 7.11 Å². The maximum Gasteiger partial charge on any atom is 0.238 e. The molecule has 1 aromatic rings. The highest BCUT2D eigenvalue weighted by molar-refractivity contribution is 5.93. The number of ether oxygens (including phenoxy) is 1. The van der Waals surface area contributed by atoms with Gasteiger partial charge in [-0.15, -0.1) is 0 Å². The number of carbonyl (C=O) groups excluding carboxylic acids is 1. The van der Waals surface area contributed by atoms with E-state index in [4.69, 9.17) is 4.74 Å². The summed E-state index contributed by atoms with van der Waals surface area (Å²) in [6.45, 7) is 4.79. The molecule has 0 saturated carbocycles. The zero-order chi connectivity index (χ0) is 14.9. The number of benzene rings is 1. The van der Waals surface area contributed by atoms with E-state index in [-0.39, 0.29) is 5.91 Å². The van der Waals surface area contributed by atoms with E-state index in [0.717, 1.165) is 19.5 Å². The first kappa shape index (κ1) is 15.8.